The zero-order valence-corrected chi connectivity index (χ0v) is 20.1. The van der Waals surface area contributed by atoms with E-state index in [0.717, 1.165) is 17.5 Å². The first-order chi connectivity index (χ1) is 17.5. The molecule has 0 spiro atoms. The fraction of sp³-hybridized carbons (Fsp3) is 0.185. The maximum absolute atomic E-state index is 12.1. The summed E-state index contributed by atoms with van der Waals surface area (Å²) in [4.78, 5) is 36.1. The van der Waals surface area contributed by atoms with Crippen molar-refractivity contribution in [3.05, 3.63) is 89.5 Å². The predicted octanol–water partition coefficient (Wildman–Crippen LogP) is 3.04. The first-order valence-corrected chi connectivity index (χ1v) is 11.3. The van der Waals surface area contributed by atoms with Gasteiger partial charge in [0, 0.05) is 12.2 Å². The van der Waals surface area contributed by atoms with E-state index in [1.807, 2.05) is 49.4 Å². The van der Waals surface area contributed by atoms with E-state index in [0.29, 0.717) is 29.3 Å². The molecule has 186 valence electrons. The molecule has 0 saturated carbocycles. The Hall–Kier alpha value is -4.66. The van der Waals surface area contributed by atoms with Gasteiger partial charge in [0.1, 0.15) is 0 Å². The van der Waals surface area contributed by atoms with Gasteiger partial charge in [0.05, 0.1) is 13.3 Å². The SMILES string of the molecule is CCc1ccc(NC(=O)C(=O)N/N=C\c2ccc(OCC(=O)NCc3ccccc3)c(OC)c2)cc1. The van der Waals surface area contributed by atoms with Gasteiger partial charge in [0.25, 0.3) is 5.91 Å². The molecule has 0 aromatic heterocycles. The van der Waals surface area contributed by atoms with Crippen molar-refractivity contribution in [1.29, 1.82) is 0 Å². The Morgan fingerprint density at radius 2 is 1.64 bits per heavy atom. The third kappa shape index (κ3) is 7.98. The van der Waals surface area contributed by atoms with Crippen LogP contribution in [0, 0.1) is 0 Å². The topological polar surface area (TPSA) is 118 Å². The maximum atomic E-state index is 12.1. The summed E-state index contributed by atoms with van der Waals surface area (Å²) in [6, 6.07) is 21.7. The molecule has 0 aliphatic carbocycles. The molecule has 9 heteroatoms. The Labute approximate surface area is 209 Å². The molecule has 3 N–H and O–H groups in total. The molecule has 0 heterocycles. The van der Waals surface area contributed by atoms with Gasteiger partial charge in [0.15, 0.2) is 18.1 Å². The van der Waals surface area contributed by atoms with Crippen LogP contribution in [0.15, 0.2) is 77.9 Å². The molecule has 3 rings (SSSR count). The molecule has 0 bridgehead atoms. The largest absolute Gasteiger partial charge is 0.493 e. The van der Waals surface area contributed by atoms with Crippen LogP contribution in [0.5, 0.6) is 11.5 Å². The van der Waals surface area contributed by atoms with E-state index in [2.05, 4.69) is 21.2 Å². The van der Waals surface area contributed by atoms with Crippen molar-refractivity contribution in [1.82, 2.24) is 10.7 Å². The third-order valence-corrected chi connectivity index (χ3v) is 5.08. The van der Waals surface area contributed by atoms with Gasteiger partial charge in [-0.3, -0.25) is 14.4 Å². The Bertz CT molecular complexity index is 1210. The minimum Gasteiger partial charge on any atom is -0.493 e. The van der Waals surface area contributed by atoms with Crippen LogP contribution in [-0.4, -0.2) is 37.7 Å². The summed E-state index contributed by atoms with van der Waals surface area (Å²) in [6.45, 7) is 2.26. The maximum Gasteiger partial charge on any atom is 0.329 e. The summed E-state index contributed by atoms with van der Waals surface area (Å²) >= 11 is 0. The highest BCUT2D eigenvalue weighted by Gasteiger charge is 2.13. The van der Waals surface area contributed by atoms with E-state index < -0.39 is 11.8 Å². The molecule has 0 aliphatic rings. The Balaban J connectivity index is 1.48. The molecular formula is C27H28N4O5. The molecule has 9 nitrogen and oxygen atoms in total. The van der Waals surface area contributed by atoms with Crippen LogP contribution in [0.2, 0.25) is 0 Å². The Morgan fingerprint density at radius 3 is 2.33 bits per heavy atom. The molecule has 0 atom stereocenters. The van der Waals surface area contributed by atoms with E-state index >= 15 is 0 Å². The Kier molecular flexibility index (Phi) is 9.58. The van der Waals surface area contributed by atoms with Crippen molar-refractivity contribution < 1.29 is 23.9 Å². The lowest BCUT2D eigenvalue weighted by atomic mass is 10.1. The fourth-order valence-corrected chi connectivity index (χ4v) is 3.10. The average Bonchev–Trinajstić information content (AvgIpc) is 2.91. The molecule has 0 radical (unpaired) electrons. The second kappa shape index (κ2) is 13.3. The molecule has 3 aromatic rings. The summed E-state index contributed by atoms with van der Waals surface area (Å²) in [6.07, 6.45) is 2.24. The van der Waals surface area contributed by atoms with Crippen LogP contribution in [-0.2, 0) is 27.3 Å². The van der Waals surface area contributed by atoms with E-state index in [1.165, 1.54) is 13.3 Å². The first-order valence-electron chi connectivity index (χ1n) is 11.3. The number of ether oxygens (including phenoxy) is 2. The molecular weight excluding hydrogens is 460 g/mol. The van der Waals surface area contributed by atoms with Crippen LogP contribution in [0.25, 0.3) is 0 Å². The predicted molar refractivity (Wildman–Crippen MR) is 137 cm³/mol. The van der Waals surface area contributed by atoms with Crippen molar-refractivity contribution >= 4 is 29.6 Å². The second-order valence-electron chi connectivity index (χ2n) is 7.67. The minimum absolute atomic E-state index is 0.178. The molecule has 3 aromatic carbocycles. The first kappa shape index (κ1) is 26.0. The van der Waals surface area contributed by atoms with Gasteiger partial charge in [-0.15, -0.1) is 0 Å². The normalized spacial score (nSPS) is 10.5. The number of amides is 3. The third-order valence-electron chi connectivity index (χ3n) is 5.08. The number of carbonyl (C=O) groups is 3. The Morgan fingerprint density at radius 1 is 0.889 bits per heavy atom. The summed E-state index contributed by atoms with van der Waals surface area (Å²) in [5, 5.41) is 9.12. The second-order valence-corrected chi connectivity index (χ2v) is 7.67. The van der Waals surface area contributed by atoms with Gasteiger partial charge in [-0.25, -0.2) is 5.43 Å². The summed E-state index contributed by atoms with van der Waals surface area (Å²) in [7, 11) is 1.47. The fourth-order valence-electron chi connectivity index (χ4n) is 3.10. The highest BCUT2D eigenvalue weighted by Crippen LogP contribution is 2.27. The lowest BCUT2D eigenvalue weighted by Gasteiger charge is -2.11. The van der Waals surface area contributed by atoms with E-state index in [4.69, 9.17) is 9.47 Å². The highest BCUT2D eigenvalue weighted by molar-refractivity contribution is 6.39. The average molecular weight is 489 g/mol. The van der Waals surface area contributed by atoms with Gasteiger partial charge in [-0.1, -0.05) is 49.4 Å². The molecule has 0 saturated heterocycles. The summed E-state index contributed by atoms with van der Waals surface area (Å²) < 4.78 is 10.9. The number of hydrogen-bond donors (Lipinski definition) is 3. The zero-order chi connectivity index (χ0) is 25.8. The van der Waals surface area contributed by atoms with E-state index in [-0.39, 0.29) is 12.5 Å². The number of hydrazone groups is 1. The lowest BCUT2D eigenvalue weighted by Crippen LogP contribution is -2.32. The molecule has 36 heavy (non-hydrogen) atoms. The number of hydrogen-bond acceptors (Lipinski definition) is 6. The van der Waals surface area contributed by atoms with Gasteiger partial charge >= 0.3 is 11.8 Å². The minimum atomic E-state index is -0.903. The monoisotopic (exact) mass is 488 g/mol. The van der Waals surface area contributed by atoms with Crippen molar-refractivity contribution in [3.8, 4) is 11.5 Å². The number of aryl methyl sites for hydroxylation is 1. The van der Waals surface area contributed by atoms with Gasteiger partial charge in [-0.05, 0) is 53.4 Å². The number of nitrogens with one attached hydrogen (secondary N) is 3. The van der Waals surface area contributed by atoms with Crippen molar-refractivity contribution in [3.63, 3.8) is 0 Å². The van der Waals surface area contributed by atoms with Crippen LogP contribution in [0.1, 0.15) is 23.6 Å². The van der Waals surface area contributed by atoms with Gasteiger partial charge in [0.2, 0.25) is 0 Å². The smallest absolute Gasteiger partial charge is 0.329 e. The summed E-state index contributed by atoms with van der Waals surface area (Å²) in [5.74, 6) is -1.24. The van der Waals surface area contributed by atoms with Crippen molar-refractivity contribution in [2.45, 2.75) is 19.9 Å². The zero-order valence-electron chi connectivity index (χ0n) is 20.1. The van der Waals surface area contributed by atoms with Crippen LogP contribution in [0.3, 0.4) is 0 Å². The number of methoxy groups -OCH3 is 1. The standard InChI is InChI=1S/C27H28N4O5/c1-3-19-9-12-22(13-10-19)30-26(33)27(34)31-29-17-21-11-14-23(24(15-21)35-2)36-18-25(32)28-16-20-7-5-4-6-8-20/h4-15,17H,3,16,18H2,1-2H3,(H,28,32)(H,30,33)(H,31,34)/b29-17-. The lowest BCUT2D eigenvalue weighted by molar-refractivity contribution is -0.136. The molecule has 0 aliphatic heterocycles. The molecule has 3 amide bonds. The number of nitrogens with zero attached hydrogens (tertiary/aromatic N) is 1. The van der Waals surface area contributed by atoms with Crippen molar-refractivity contribution in [2.75, 3.05) is 19.0 Å². The number of benzene rings is 3. The highest BCUT2D eigenvalue weighted by atomic mass is 16.5. The molecule has 0 fully saturated rings. The number of rotatable bonds is 10. The summed E-state index contributed by atoms with van der Waals surface area (Å²) in [5.41, 5.74) is 5.41. The van der Waals surface area contributed by atoms with Crippen molar-refractivity contribution in [2.24, 2.45) is 5.10 Å². The van der Waals surface area contributed by atoms with Crippen LogP contribution in [0.4, 0.5) is 5.69 Å². The van der Waals surface area contributed by atoms with Gasteiger partial charge in [-0.2, -0.15) is 5.10 Å². The van der Waals surface area contributed by atoms with E-state index in [1.54, 1.807) is 30.3 Å². The quantitative estimate of drug-likeness (QED) is 0.230. The van der Waals surface area contributed by atoms with Crippen LogP contribution >= 0.6 is 0 Å². The number of carbonyl (C=O) groups excluding carboxylic acids is 3. The molecule has 0 unspecified atom stereocenters. The van der Waals surface area contributed by atoms with E-state index in [9.17, 15) is 14.4 Å². The number of anilines is 1. The van der Waals surface area contributed by atoms with Crippen LogP contribution < -0.4 is 25.5 Å². The van der Waals surface area contributed by atoms with Gasteiger partial charge < -0.3 is 20.1 Å².